The Morgan fingerprint density at radius 3 is 2.73 bits per heavy atom. The summed E-state index contributed by atoms with van der Waals surface area (Å²) in [4.78, 5) is 11.6. The Hall–Kier alpha value is -0.570. The van der Waals surface area contributed by atoms with Crippen LogP contribution in [0.4, 0.5) is 0 Å². The van der Waals surface area contributed by atoms with Crippen molar-refractivity contribution < 1.29 is 4.79 Å². The minimum absolute atomic E-state index is 0.220. The first-order valence-electron chi connectivity index (χ1n) is 6.26. The first-order valence-corrected chi connectivity index (χ1v) is 6.26. The minimum Gasteiger partial charge on any atom is -0.355 e. The van der Waals surface area contributed by atoms with Gasteiger partial charge in [-0.3, -0.25) is 4.79 Å². The van der Waals surface area contributed by atoms with Crippen LogP contribution < -0.4 is 10.6 Å². The Labute approximate surface area is 93.0 Å². The first kappa shape index (κ1) is 12.5. The quantitative estimate of drug-likeness (QED) is 0.703. The summed E-state index contributed by atoms with van der Waals surface area (Å²) in [5.41, 5.74) is 0. The standard InChI is InChI=1S/C12H24N2O/c1-3-10(4-2)8-12(15)14-9-11-6-5-7-13-11/h10-11,13H,3-9H2,1-2H3,(H,14,15). The van der Waals surface area contributed by atoms with Crippen molar-refractivity contribution >= 4 is 5.91 Å². The molecule has 1 unspecified atom stereocenters. The molecule has 0 radical (unpaired) electrons. The van der Waals surface area contributed by atoms with Crippen LogP contribution in [0, 0.1) is 5.92 Å². The van der Waals surface area contributed by atoms with Gasteiger partial charge in [0.1, 0.15) is 0 Å². The fourth-order valence-corrected chi connectivity index (χ4v) is 2.08. The molecule has 0 saturated carbocycles. The van der Waals surface area contributed by atoms with Crippen molar-refractivity contribution in [2.45, 2.75) is 52.0 Å². The topological polar surface area (TPSA) is 41.1 Å². The van der Waals surface area contributed by atoms with E-state index >= 15 is 0 Å². The molecule has 0 aromatic rings. The number of carbonyl (C=O) groups is 1. The molecule has 0 bridgehead atoms. The van der Waals surface area contributed by atoms with Crippen LogP contribution in [0.15, 0.2) is 0 Å². The zero-order valence-corrected chi connectivity index (χ0v) is 10.0. The summed E-state index contributed by atoms with van der Waals surface area (Å²) >= 11 is 0. The summed E-state index contributed by atoms with van der Waals surface area (Å²) in [6.45, 7) is 6.21. The van der Waals surface area contributed by atoms with E-state index < -0.39 is 0 Å². The maximum atomic E-state index is 11.6. The van der Waals surface area contributed by atoms with Gasteiger partial charge in [0.2, 0.25) is 5.91 Å². The molecule has 3 heteroatoms. The van der Waals surface area contributed by atoms with E-state index in [-0.39, 0.29) is 5.91 Å². The second-order valence-corrected chi connectivity index (χ2v) is 4.48. The molecule has 0 aromatic heterocycles. The third-order valence-corrected chi connectivity index (χ3v) is 3.34. The molecule has 1 saturated heterocycles. The molecule has 0 spiro atoms. The van der Waals surface area contributed by atoms with Gasteiger partial charge in [-0.05, 0) is 25.3 Å². The fourth-order valence-electron chi connectivity index (χ4n) is 2.08. The second kappa shape index (κ2) is 6.83. The van der Waals surface area contributed by atoms with Crippen LogP contribution in [-0.4, -0.2) is 25.0 Å². The van der Waals surface area contributed by atoms with E-state index in [1.165, 1.54) is 12.8 Å². The van der Waals surface area contributed by atoms with Gasteiger partial charge in [0.25, 0.3) is 0 Å². The van der Waals surface area contributed by atoms with Crippen molar-refractivity contribution in [3.8, 4) is 0 Å². The molecule has 2 N–H and O–H groups in total. The number of hydrogen-bond donors (Lipinski definition) is 2. The predicted octanol–water partition coefficient (Wildman–Crippen LogP) is 1.68. The van der Waals surface area contributed by atoms with Gasteiger partial charge in [-0.25, -0.2) is 0 Å². The SMILES string of the molecule is CCC(CC)CC(=O)NCC1CCCN1. The lowest BCUT2D eigenvalue weighted by Gasteiger charge is -2.14. The molecule has 88 valence electrons. The largest absolute Gasteiger partial charge is 0.355 e. The Morgan fingerprint density at radius 1 is 1.47 bits per heavy atom. The molecule has 3 nitrogen and oxygen atoms in total. The van der Waals surface area contributed by atoms with Gasteiger partial charge in [0, 0.05) is 19.0 Å². The fraction of sp³-hybridized carbons (Fsp3) is 0.917. The molecular weight excluding hydrogens is 188 g/mol. The van der Waals surface area contributed by atoms with E-state index in [1.54, 1.807) is 0 Å². The molecule has 1 atom stereocenters. The molecule has 1 aliphatic rings. The number of nitrogens with one attached hydrogen (secondary N) is 2. The number of carbonyl (C=O) groups excluding carboxylic acids is 1. The average molecular weight is 212 g/mol. The average Bonchev–Trinajstić information content (AvgIpc) is 2.75. The van der Waals surface area contributed by atoms with E-state index in [2.05, 4.69) is 24.5 Å². The summed E-state index contributed by atoms with van der Waals surface area (Å²) in [6.07, 6.45) is 5.34. The van der Waals surface area contributed by atoms with E-state index in [1.807, 2.05) is 0 Å². The van der Waals surface area contributed by atoms with Crippen LogP contribution in [0.5, 0.6) is 0 Å². The molecule has 0 aromatic carbocycles. The molecule has 1 fully saturated rings. The number of hydrogen-bond acceptors (Lipinski definition) is 2. The molecule has 0 aliphatic carbocycles. The van der Waals surface area contributed by atoms with E-state index in [4.69, 9.17) is 0 Å². The Balaban J connectivity index is 2.11. The van der Waals surface area contributed by atoms with Gasteiger partial charge in [0.05, 0.1) is 0 Å². The molecule has 1 amide bonds. The van der Waals surface area contributed by atoms with Gasteiger partial charge in [-0.15, -0.1) is 0 Å². The highest BCUT2D eigenvalue weighted by atomic mass is 16.1. The summed E-state index contributed by atoms with van der Waals surface area (Å²) in [5, 5.41) is 6.40. The van der Waals surface area contributed by atoms with Gasteiger partial charge in [-0.1, -0.05) is 26.7 Å². The highest BCUT2D eigenvalue weighted by Crippen LogP contribution is 2.12. The maximum Gasteiger partial charge on any atom is 0.220 e. The third-order valence-electron chi connectivity index (χ3n) is 3.34. The Bertz CT molecular complexity index is 184. The predicted molar refractivity (Wildman–Crippen MR) is 62.7 cm³/mol. The minimum atomic E-state index is 0.220. The second-order valence-electron chi connectivity index (χ2n) is 4.48. The number of amides is 1. The zero-order chi connectivity index (χ0) is 11.1. The normalized spacial score (nSPS) is 20.9. The summed E-state index contributed by atoms with van der Waals surface area (Å²) in [6, 6.07) is 0.510. The van der Waals surface area contributed by atoms with Crippen molar-refractivity contribution in [2.75, 3.05) is 13.1 Å². The molecule has 1 heterocycles. The van der Waals surface area contributed by atoms with Crippen LogP contribution in [0.25, 0.3) is 0 Å². The van der Waals surface area contributed by atoms with Crippen molar-refractivity contribution in [1.29, 1.82) is 0 Å². The van der Waals surface area contributed by atoms with Crippen LogP contribution in [0.1, 0.15) is 46.0 Å². The van der Waals surface area contributed by atoms with Crippen LogP contribution in [-0.2, 0) is 4.79 Å². The first-order chi connectivity index (χ1) is 7.26. The summed E-state index contributed by atoms with van der Waals surface area (Å²) < 4.78 is 0. The van der Waals surface area contributed by atoms with Crippen molar-refractivity contribution in [1.82, 2.24) is 10.6 Å². The van der Waals surface area contributed by atoms with Crippen molar-refractivity contribution in [2.24, 2.45) is 5.92 Å². The van der Waals surface area contributed by atoms with E-state index in [0.717, 1.165) is 25.9 Å². The smallest absolute Gasteiger partial charge is 0.220 e. The van der Waals surface area contributed by atoms with Gasteiger partial charge in [0.15, 0.2) is 0 Å². The van der Waals surface area contributed by atoms with Crippen LogP contribution >= 0.6 is 0 Å². The number of rotatable bonds is 6. The lowest BCUT2D eigenvalue weighted by atomic mass is 9.99. The Morgan fingerprint density at radius 2 is 2.20 bits per heavy atom. The van der Waals surface area contributed by atoms with E-state index in [0.29, 0.717) is 18.4 Å². The van der Waals surface area contributed by atoms with Gasteiger partial charge >= 0.3 is 0 Å². The highest BCUT2D eigenvalue weighted by Gasteiger charge is 2.15. The van der Waals surface area contributed by atoms with Crippen LogP contribution in [0.3, 0.4) is 0 Å². The maximum absolute atomic E-state index is 11.6. The molecule has 1 aliphatic heterocycles. The molecule has 1 rings (SSSR count). The van der Waals surface area contributed by atoms with Crippen molar-refractivity contribution in [3.05, 3.63) is 0 Å². The summed E-state index contributed by atoms with van der Waals surface area (Å²) in [7, 11) is 0. The van der Waals surface area contributed by atoms with Crippen LogP contribution in [0.2, 0.25) is 0 Å². The Kier molecular flexibility index (Phi) is 5.69. The molecular formula is C12H24N2O. The highest BCUT2D eigenvalue weighted by molar-refractivity contribution is 5.76. The zero-order valence-electron chi connectivity index (χ0n) is 10.0. The van der Waals surface area contributed by atoms with Crippen molar-refractivity contribution in [3.63, 3.8) is 0 Å². The monoisotopic (exact) mass is 212 g/mol. The third kappa shape index (κ3) is 4.65. The summed E-state index contributed by atoms with van der Waals surface area (Å²) in [5.74, 6) is 0.777. The molecule has 15 heavy (non-hydrogen) atoms. The lowest BCUT2D eigenvalue weighted by molar-refractivity contribution is -0.122. The van der Waals surface area contributed by atoms with Gasteiger partial charge in [-0.2, -0.15) is 0 Å². The van der Waals surface area contributed by atoms with Gasteiger partial charge < -0.3 is 10.6 Å². The van der Waals surface area contributed by atoms with E-state index in [9.17, 15) is 4.79 Å². The lowest BCUT2D eigenvalue weighted by Crippen LogP contribution is -2.37.